The number of benzene rings is 2. The van der Waals surface area contributed by atoms with Gasteiger partial charge in [0, 0.05) is 30.8 Å². The fraction of sp³-hybridized carbons (Fsp3) is 0.304. The minimum atomic E-state index is -0.610. The van der Waals surface area contributed by atoms with Crippen molar-refractivity contribution in [2.45, 2.75) is 18.9 Å². The molecule has 0 atom stereocenters. The zero-order chi connectivity index (χ0) is 22.9. The summed E-state index contributed by atoms with van der Waals surface area (Å²) in [5.74, 6) is 2.13. The fourth-order valence-electron chi connectivity index (χ4n) is 3.13. The maximum absolute atomic E-state index is 13.4. The molecule has 0 saturated carbocycles. The van der Waals surface area contributed by atoms with Gasteiger partial charge in [-0.25, -0.2) is 9.40 Å². The predicted octanol–water partition coefficient (Wildman–Crippen LogP) is 2.53. The van der Waals surface area contributed by atoms with E-state index in [1.165, 1.54) is 12.1 Å². The number of hydrogen-bond donors (Lipinski definition) is 2. The molecule has 2 aromatic rings. The number of ether oxygens (including phenoxy) is 2. The largest absolute Gasteiger partial charge is 0.484 e. The van der Waals surface area contributed by atoms with Crippen LogP contribution in [0, 0.1) is 18.2 Å². The van der Waals surface area contributed by atoms with Gasteiger partial charge in [-0.15, -0.1) is 6.42 Å². The third-order valence-corrected chi connectivity index (χ3v) is 5.10. The smallest absolute Gasteiger partial charge is 0.272 e. The van der Waals surface area contributed by atoms with Crippen molar-refractivity contribution >= 4 is 23.4 Å². The van der Waals surface area contributed by atoms with Crippen molar-refractivity contribution in [3.63, 3.8) is 0 Å². The molecule has 1 fully saturated rings. The van der Waals surface area contributed by atoms with Gasteiger partial charge in [0.25, 0.3) is 11.8 Å². The summed E-state index contributed by atoms with van der Waals surface area (Å²) in [6, 6.07) is 10.9. The number of terminal acetylenes is 1. The van der Waals surface area contributed by atoms with Crippen molar-refractivity contribution in [2.75, 3.05) is 26.3 Å². The van der Waals surface area contributed by atoms with Crippen LogP contribution in [-0.4, -0.2) is 49.2 Å². The SMILES string of the molecule is C#Cc1ccc(OCC(=O)NC2CCN(NC(=O)COc3ccc(Cl)c(F)c3)CC2)cc1. The molecule has 0 unspecified atom stereocenters. The molecule has 32 heavy (non-hydrogen) atoms. The van der Waals surface area contributed by atoms with Gasteiger partial charge in [-0.3, -0.25) is 15.0 Å². The van der Waals surface area contributed by atoms with Gasteiger partial charge in [-0.05, 0) is 49.2 Å². The lowest BCUT2D eigenvalue weighted by molar-refractivity contribution is -0.129. The Bertz CT molecular complexity index is 986. The van der Waals surface area contributed by atoms with E-state index in [4.69, 9.17) is 27.5 Å². The predicted molar refractivity (Wildman–Crippen MR) is 118 cm³/mol. The number of nitrogens with one attached hydrogen (secondary N) is 2. The minimum Gasteiger partial charge on any atom is -0.484 e. The molecular weight excluding hydrogens is 437 g/mol. The Balaban J connectivity index is 1.32. The molecule has 0 spiro atoms. The fourth-order valence-corrected chi connectivity index (χ4v) is 3.24. The second-order valence-corrected chi connectivity index (χ2v) is 7.59. The lowest BCUT2D eigenvalue weighted by atomic mass is 10.1. The number of carbonyl (C=O) groups is 2. The molecule has 2 N–H and O–H groups in total. The summed E-state index contributed by atoms with van der Waals surface area (Å²) >= 11 is 5.62. The summed E-state index contributed by atoms with van der Waals surface area (Å²) in [6.45, 7) is 0.799. The van der Waals surface area contributed by atoms with E-state index in [9.17, 15) is 14.0 Å². The summed E-state index contributed by atoms with van der Waals surface area (Å²) in [6.07, 6.45) is 6.65. The van der Waals surface area contributed by atoms with Crippen LogP contribution in [0.2, 0.25) is 5.02 Å². The lowest BCUT2D eigenvalue weighted by Crippen LogP contribution is -2.52. The number of nitrogens with zero attached hydrogens (tertiary/aromatic N) is 1. The number of carbonyl (C=O) groups excluding carboxylic acids is 2. The molecule has 2 aromatic carbocycles. The third-order valence-electron chi connectivity index (χ3n) is 4.79. The van der Waals surface area contributed by atoms with E-state index >= 15 is 0 Å². The van der Waals surface area contributed by atoms with Gasteiger partial charge >= 0.3 is 0 Å². The summed E-state index contributed by atoms with van der Waals surface area (Å²) in [4.78, 5) is 24.2. The van der Waals surface area contributed by atoms with Crippen LogP contribution in [0.15, 0.2) is 42.5 Å². The van der Waals surface area contributed by atoms with Crippen molar-refractivity contribution in [1.82, 2.24) is 15.8 Å². The molecule has 1 heterocycles. The summed E-state index contributed by atoms with van der Waals surface area (Å²) in [5, 5.41) is 4.69. The minimum absolute atomic E-state index is 0.00337. The van der Waals surface area contributed by atoms with E-state index in [2.05, 4.69) is 16.7 Å². The number of halogens is 2. The molecule has 0 aliphatic carbocycles. The van der Waals surface area contributed by atoms with Crippen LogP contribution in [0.25, 0.3) is 0 Å². The zero-order valence-corrected chi connectivity index (χ0v) is 18.0. The van der Waals surface area contributed by atoms with E-state index in [0.29, 0.717) is 31.7 Å². The maximum atomic E-state index is 13.4. The first-order valence-corrected chi connectivity index (χ1v) is 10.4. The Morgan fingerprint density at radius 2 is 1.69 bits per heavy atom. The highest BCUT2D eigenvalue weighted by molar-refractivity contribution is 6.30. The molecule has 0 bridgehead atoms. The Hall–Kier alpha value is -3.28. The number of rotatable bonds is 8. The van der Waals surface area contributed by atoms with Crippen LogP contribution < -0.4 is 20.2 Å². The highest BCUT2D eigenvalue weighted by atomic mass is 35.5. The molecule has 168 valence electrons. The first kappa shape index (κ1) is 23.4. The normalized spacial score (nSPS) is 14.3. The second kappa shape index (κ2) is 11.4. The van der Waals surface area contributed by atoms with Gasteiger partial charge in [0.2, 0.25) is 0 Å². The molecule has 7 nitrogen and oxygen atoms in total. The zero-order valence-electron chi connectivity index (χ0n) is 17.3. The van der Waals surface area contributed by atoms with E-state index in [1.54, 1.807) is 29.3 Å². The molecular formula is C23H23ClFN3O4. The van der Waals surface area contributed by atoms with Crippen LogP contribution in [-0.2, 0) is 9.59 Å². The number of amides is 2. The average molecular weight is 460 g/mol. The molecule has 9 heteroatoms. The van der Waals surface area contributed by atoms with Crippen molar-refractivity contribution in [1.29, 1.82) is 0 Å². The van der Waals surface area contributed by atoms with Gasteiger partial charge in [0.1, 0.15) is 17.3 Å². The van der Waals surface area contributed by atoms with Crippen molar-refractivity contribution in [3.05, 3.63) is 58.9 Å². The van der Waals surface area contributed by atoms with Crippen LogP contribution in [0.1, 0.15) is 18.4 Å². The van der Waals surface area contributed by atoms with Crippen molar-refractivity contribution < 1.29 is 23.5 Å². The Morgan fingerprint density at radius 3 is 2.34 bits per heavy atom. The number of hydrazine groups is 1. The second-order valence-electron chi connectivity index (χ2n) is 7.19. The maximum Gasteiger partial charge on any atom is 0.272 e. The molecule has 1 aliphatic rings. The van der Waals surface area contributed by atoms with E-state index in [0.717, 1.165) is 11.6 Å². The number of hydrogen-bond acceptors (Lipinski definition) is 5. The van der Waals surface area contributed by atoms with Crippen LogP contribution in [0.5, 0.6) is 11.5 Å². The first-order chi connectivity index (χ1) is 15.4. The Kier molecular flexibility index (Phi) is 8.31. The first-order valence-electron chi connectivity index (χ1n) is 10.0. The van der Waals surface area contributed by atoms with Gasteiger partial charge < -0.3 is 14.8 Å². The van der Waals surface area contributed by atoms with Crippen LogP contribution in [0.4, 0.5) is 4.39 Å². The Labute approximate surface area is 190 Å². The topological polar surface area (TPSA) is 79.9 Å². The van der Waals surface area contributed by atoms with E-state index < -0.39 is 5.82 Å². The summed E-state index contributed by atoms with van der Waals surface area (Å²) < 4.78 is 24.1. The molecule has 0 radical (unpaired) electrons. The monoisotopic (exact) mass is 459 g/mol. The average Bonchev–Trinajstić information content (AvgIpc) is 2.80. The quantitative estimate of drug-likeness (QED) is 0.593. The van der Waals surface area contributed by atoms with Gasteiger partial charge in [0.05, 0.1) is 5.02 Å². The molecule has 2 amide bonds. The summed E-state index contributed by atoms with van der Waals surface area (Å²) in [5.41, 5.74) is 3.48. The van der Waals surface area contributed by atoms with E-state index in [1.807, 2.05) is 0 Å². The van der Waals surface area contributed by atoms with Crippen molar-refractivity contribution in [3.8, 4) is 23.8 Å². The highest BCUT2D eigenvalue weighted by Crippen LogP contribution is 2.20. The highest BCUT2D eigenvalue weighted by Gasteiger charge is 2.22. The van der Waals surface area contributed by atoms with Crippen LogP contribution in [0.3, 0.4) is 0 Å². The Morgan fingerprint density at radius 1 is 1.06 bits per heavy atom. The molecule has 1 aliphatic heterocycles. The standard InChI is InChI=1S/C23H23ClFN3O4/c1-2-16-3-5-18(6-4-16)31-14-22(29)26-17-9-11-28(12-10-17)27-23(30)15-32-19-7-8-20(24)21(25)13-19/h1,3-8,13,17H,9-12,14-15H2,(H,26,29)(H,27,30). The molecule has 1 saturated heterocycles. The third kappa shape index (κ3) is 7.15. The number of piperidine rings is 1. The van der Waals surface area contributed by atoms with Gasteiger partial charge in [0.15, 0.2) is 13.2 Å². The lowest BCUT2D eigenvalue weighted by Gasteiger charge is -2.32. The van der Waals surface area contributed by atoms with Gasteiger partial charge in [-0.2, -0.15) is 0 Å². The van der Waals surface area contributed by atoms with Gasteiger partial charge in [-0.1, -0.05) is 17.5 Å². The molecule has 3 rings (SSSR count). The van der Waals surface area contributed by atoms with Crippen LogP contribution >= 0.6 is 11.6 Å². The molecule has 0 aromatic heterocycles. The summed E-state index contributed by atoms with van der Waals surface area (Å²) in [7, 11) is 0. The van der Waals surface area contributed by atoms with Crippen molar-refractivity contribution in [2.24, 2.45) is 0 Å². The van der Waals surface area contributed by atoms with E-state index in [-0.39, 0.29) is 41.8 Å².